The minimum absolute atomic E-state index is 0.321. The van der Waals surface area contributed by atoms with Crippen LogP contribution in [0.25, 0.3) is 10.2 Å². The van der Waals surface area contributed by atoms with Crippen molar-refractivity contribution in [3.8, 4) is 5.75 Å². The molecular formula is C15H12BrFN2OS. The van der Waals surface area contributed by atoms with Crippen LogP contribution < -0.4 is 10.1 Å². The Bertz CT molecular complexity index is 790. The third kappa shape index (κ3) is 3.16. The van der Waals surface area contributed by atoms with Crippen LogP contribution in [0.1, 0.15) is 6.92 Å². The van der Waals surface area contributed by atoms with E-state index in [1.165, 1.54) is 17.4 Å². The number of halogens is 2. The van der Waals surface area contributed by atoms with E-state index in [-0.39, 0.29) is 5.82 Å². The first kappa shape index (κ1) is 14.3. The van der Waals surface area contributed by atoms with Crippen LogP contribution in [-0.4, -0.2) is 11.6 Å². The van der Waals surface area contributed by atoms with E-state index in [2.05, 4.69) is 26.2 Å². The van der Waals surface area contributed by atoms with Gasteiger partial charge in [-0.15, -0.1) is 0 Å². The molecule has 0 aliphatic heterocycles. The van der Waals surface area contributed by atoms with Crippen molar-refractivity contribution in [2.45, 2.75) is 6.92 Å². The van der Waals surface area contributed by atoms with E-state index in [1.807, 2.05) is 25.1 Å². The largest absolute Gasteiger partial charge is 0.494 e. The lowest BCUT2D eigenvalue weighted by Gasteiger charge is -2.03. The van der Waals surface area contributed by atoms with E-state index in [1.54, 1.807) is 12.1 Å². The molecule has 3 nitrogen and oxygen atoms in total. The molecule has 0 unspecified atom stereocenters. The average Bonchev–Trinajstić information content (AvgIpc) is 2.84. The molecule has 0 spiro atoms. The molecule has 0 fully saturated rings. The van der Waals surface area contributed by atoms with Crippen LogP contribution in [0.3, 0.4) is 0 Å². The number of ether oxygens (including phenoxy) is 1. The summed E-state index contributed by atoms with van der Waals surface area (Å²) in [6, 6.07) is 10.6. The van der Waals surface area contributed by atoms with Gasteiger partial charge in [0.25, 0.3) is 0 Å². The maximum Gasteiger partial charge on any atom is 0.188 e. The molecule has 2 aromatic carbocycles. The molecule has 0 aliphatic rings. The summed E-state index contributed by atoms with van der Waals surface area (Å²) in [6.07, 6.45) is 0. The second-order valence-electron chi connectivity index (χ2n) is 4.33. The first-order valence-electron chi connectivity index (χ1n) is 6.41. The minimum Gasteiger partial charge on any atom is -0.494 e. The van der Waals surface area contributed by atoms with Crippen molar-refractivity contribution in [2.24, 2.45) is 0 Å². The zero-order valence-corrected chi connectivity index (χ0v) is 13.6. The number of thiazole rings is 1. The minimum atomic E-state index is -0.321. The number of benzene rings is 2. The summed E-state index contributed by atoms with van der Waals surface area (Å²) >= 11 is 4.70. The number of hydrogen-bond donors (Lipinski definition) is 1. The molecule has 1 aromatic heterocycles. The number of aromatic nitrogens is 1. The predicted molar refractivity (Wildman–Crippen MR) is 88.2 cm³/mol. The highest BCUT2D eigenvalue weighted by molar-refractivity contribution is 9.10. The fourth-order valence-electron chi connectivity index (χ4n) is 1.92. The highest BCUT2D eigenvalue weighted by Crippen LogP contribution is 2.32. The van der Waals surface area contributed by atoms with E-state index >= 15 is 0 Å². The van der Waals surface area contributed by atoms with E-state index in [9.17, 15) is 4.39 Å². The molecule has 3 rings (SSSR count). The van der Waals surface area contributed by atoms with Crippen molar-refractivity contribution in [3.63, 3.8) is 0 Å². The number of anilines is 2. The standard InChI is InChI=1S/C15H12BrFN2OS/c1-2-20-10-4-6-13-14(8-10)21-15(19-13)18-12-5-3-9(16)7-11(12)17/h3-8H,2H2,1H3,(H,18,19). The van der Waals surface area contributed by atoms with Crippen molar-refractivity contribution in [1.29, 1.82) is 0 Å². The lowest BCUT2D eigenvalue weighted by molar-refractivity contribution is 0.341. The summed E-state index contributed by atoms with van der Waals surface area (Å²) in [5, 5.41) is 3.66. The predicted octanol–water partition coefficient (Wildman–Crippen LogP) is 5.34. The highest BCUT2D eigenvalue weighted by atomic mass is 79.9. The smallest absolute Gasteiger partial charge is 0.188 e. The van der Waals surface area contributed by atoms with Crippen LogP contribution in [0.5, 0.6) is 5.75 Å². The maximum atomic E-state index is 13.8. The average molecular weight is 367 g/mol. The Labute approximate surface area is 133 Å². The van der Waals surface area contributed by atoms with Gasteiger partial charge in [0.2, 0.25) is 0 Å². The van der Waals surface area contributed by atoms with Crippen LogP contribution in [0.2, 0.25) is 0 Å². The SMILES string of the molecule is CCOc1ccc2nc(Nc3ccc(Br)cc3F)sc2c1. The summed E-state index contributed by atoms with van der Waals surface area (Å²) in [5.41, 5.74) is 1.27. The van der Waals surface area contributed by atoms with E-state index in [0.717, 1.165) is 16.0 Å². The zero-order valence-electron chi connectivity index (χ0n) is 11.2. The molecule has 108 valence electrons. The molecule has 0 atom stereocenters. The van der Waals surface area contributed by atoms with Gasteiger partial charge in [0.1, 0.15) is 11.6 Å². The van der Waals surface area contributed by atoms with Gasteiger partial charge in [-0.1, -0.05) is 27.3 Å². The van der Waals surface area contributed by atoms with Gasteiger partial charge < -0.3 is 10.1 Å². The van der Waals surface area contributed by atoms with Crippen molar-refractivity contribution >= 4 is 48.3 Å². The summed E-state index contributed by atoms with van der Waals surface area (Å²) in [4.78, 5) is 4.45. The van der Waals surface area contributed by atoms with Gasteiger partial charge >= 0.3 is 0 Å². The fourth-order valence-corrected chi connectivity index (χ4v) is 3.16. The molecular weight excluding hydrogens is 355 g/mol. The number of nitrogens with one attached hydrogen (secondary N) is 1. The van der Waals surface area contributed by atoms with Crippen molar-refractivity contribution < 1.29 is 9.13 Å². The van der Waals surface area contributed by atoms with Gasteiger partial charge in [0.05, 0.1) is 22.5 Å². The number of nitrogens with zero attached hydrogens (tertiary/aromatic N) is 1. The Hall–Kier alpha value is -1.66. The Morgan fingerprint density at radius 2 is 2.14 bits per heavy atom. The Morgan fingerprint density at radius 3 is 2.90 bits per heavy atom. The topological polar surface area (TPSA) is 34.1 Å². The zero-order chi connectivity index (χ0) is 14.8. The summed E-state index contributed by atoms with van der Waals surface area (Å²) in [6.45, 7) is 2.57. The molecule has 21 heavy (non-hydrogen) atoms. The van der Waals surface area contributed by atoms with Gasteiger partial charge in [0, 0.05) is 4.47 Å². The molecule has 6 heteroatoms. The van der Waals surface area contributed by atoms with Gasteiger partial charge in [0.15, 0.2) is 5.13 Å². The van der Waals surface area contributed by atoms with E-state index in [0.29, 0.717) is 21.9 Å². The molecule has 1 N–H and O–H groups in total. The number of rotatable bonds is 4. The Balaban J connectivity index is 1.90. The molecule has 0 saturated heterocycles. The lowest BCUT2D eigenvalue weighted by Crippen LogP contribution is -1.92. The first-order valence-corrected chi connectivity index (χ1v) is 8.02. The van der Waals surface area contributed by atoms with Crippen LogP contribution in [0.4, 0.5) is 15.2 Å². The number of fused-ring (bicyclic) bond motifs is 1. The molecule has 1 heterocycles. The van der Waals surface area contributed by atoms with Crippen LogP contribution >= 0.6 is 27.3 Å². The molecule has 0 amide bonds. The molecule has 0 aliphatic carbocycles. The second-order valence-corrected chi connectivity index (χ2v) is 6.28. The normalized spacial score (nSPS) is 10.8. The van der Waals surface area contributed by atoms with Crippen molar-refractivity contribution in [2.75, 3.05) is 11.9 Å². The Kier molecular flexibility index (Phi) is 4.07. The summed E-state index contributed by atoms with van der Waals surface area (Å²) in [5.74, 6) is 0.494. The van der Waals surface area contributed by atoms with Crippen LogP contribution in [-0.2, 0) is 0 Å². The van der Waals surface area contributed by atoms with E-state index < -0.39 is 0 Å². The molecule has 0 bridgehead atoms. The summed E-state index contributed by atoms with van der Waals surface area (Å²) in [7, 11) is 0. The van der Waals surface area contributed by atoms with Gasteiger partial charge in [-0.3, -0.25) is 0 Å². The first-order chi connectivity index (χ1) is 10.2. The summed E-state index contributed by atoms with van der Waals surface area (Å²) < 4.78 is 21.0. The third-order valence-electron chi connectivity index (χ3n) is 2.84. The highest BCUT2D eigenvalue weighted by Gasteiger charge is 2.08. The van der Waals surface area contributed by atoms with Crippen LogP contribution in [0, 0.1) is 5.82 Å². The Morgan fingerprint density at radius 1 is 1.29 bits per heavy atom. The fraction of sp³-hybridized carbons (Fsp3) is 0.133. The van der Waals surface area contributed by atoms with Gasteiger partial charge in [-0.2, -0.15) is 0 Å². The van der Waals surface area contributed by atoms with Gasteiger partial charge in [-0.05, 0) is 43.3 Å². The monoisotopic (exact) mass is 366 g/mol. The quantitative estimate of drug-likeness (QED) is 0.676. The molecule has 0 saturated carbocycles. The van der Waals surface area contributed by atoms with Crippen molar-refractivity contribution in [1.82, 2.24) is 4.98 Å². The maximum absolute atomic E-state index is 13.8. The number of hydrogen-bond acceptors (Lipinski definition) is 4. The lowest BCUT2D eigenvalue weighted by atomic mass is 10.3. The van der Waals surface area contributed by atoms with Crippen molar-refractivity contribution in [3.05, 3.63) is 46.7 Å². The molecule has 3 aromatic rings. The van der Waals surface area contributed by atoms with Crippen LogP contribution in [0.15, 0.2) is 40.9 Å². The second kappa shape index (κ2) is 5.99. The van der Waals surface area contributed by atoms with Gasteiger partial charge in [-0.25, -0.2) is 9.37 Å². The molecule has 0 radical (unpaired) electrons. The van der Waals surface area contributed by atoms with E-state index in [4.69, 9.17) is 4.74 Å². The third-order valence-corrected chi connectivity index (χ3v) is 4.27.